The normalized spacial score (nSPS) is 16.0. The molecule has 1 aromatic carbocycles. The van der Waals surface area contributed by atoms with E-state index in [0.29, 0.717) is 34.0 Å². The molecular weight excluding hydrogens is 559 g/mol. The molecule has 4 heterocycles. The van der Waals surface area contributed by atoms with Gasteiger partial charge in [0.2, 0.25) is 5.95 Å². The summed E-state index contributed by atoms with van der Waals surface area (Å²) in [6.07, 6.45) is -0.485. The van der Waals surface area contributed by atoms with E-state index in [4.69, 9.17) is 10.4 Å². The van der Waals surface area contributed by atoms with Gasteiger partial charge in [0.25, 0.3) is 0 Å². The topological polar surface area (TPSA) is 105 Å². The first kappa shape index (κ1) is 27.3. The van der Waals surface area contributed by atoms with E-state index in [0.717, 1.165) is 0 Å². The number of carbonyl (C=O) groups excluding carboxylic acids is 1. The number of alkyl halides is 3. The first-order valence-electron chi connectivity index (χ1n) is 13.0. The molecule has 0 spiro atoms. The van der Waals surface area contributed by atoms with Crippen molar-refractivity contribution in [3.63, 3.8) is 0 Å². The van der Waals surface area contributed by atoms with Crippen LogP contribution in [0.2, 0.25) is 0 Å². The molecular formula is C28H23F5N8O. The highest BCUT2D eigenvalue weighted by molar-refractivity contribution is 5.79. The monoisotopic (exact) mass is 582 g/mol. The quantitative estimate of drug-likeness (QED) is 0.260. The molecule has 0 radical (unpaired) electrons. The number of aromatic nitrogens is 5. The zero-order chi connectivity index (χ0) is 29.6. The van der Waals surface area contributed by atoms with Crippen molar-refractivity contribution in [1.29, 1.82) is 5.41 Å². The van der Waals surface area contributed by atoms with Gasteiger partial charge in [-0.25, -0.2) is 23.8 Å². The van der Waals surface area contributed by atoms with Crippen molar-refractivity contribution in [3.8, 4) is 22.6 Å². The van der Waals surface area contributed by atoms with Crippen LogP contribution in [0.1, 0.15) is 24.2 Å². The molecule has 1 aliphatic carbocycles. The molecule has 1 saturated carbocycles. The third-order valence-electron chi connectivity index (χ3n) is 7.28. The van der Waals surface area contributed by atoms with Crippen LogP contribution < -0.4 is 10.8 Å². The summed E-state index contributed by atoms with van der Waals surface area (Å²) in [5.41, 5.74) is 0.277. The number of nitrogens with zero attached hydrogens (tertiary/aromatic N) is 6. The van der Waals surface area contributed by atoms with E-state index < -0.39 is 29.5 Å². The second-order valence-electron chi connectivity index (χ2n) is 10.1. The number of benzene rings is 1. The van der Waals surface area contributed by atoms with Crippen LogP contribution in [-0.4, -0.2) is 53.5 Å². The minimum atomic E-state index is -4.54. The summed E-state index contributed by atoms with van der Waals surface area (Å²) >= 11 is 0. The third-order valence-corrected chi connectivity index (χ3v) is 7.28. The number of fused-ring (bicyclic) bond motifs is 1. The predicted octanol–water partition coefficient (Wildman–Crippen LogP) is 4.81. The Labute approximate surface area is 235 Å². The molecule has 216 valence electrons. The third kappa shape index (κ3) is 5.15. The Morgan fingerprint density at radius 3 is 2.50 bits per heavy atom. The van der Waals surface area contributed by atoms with Crippen LogP contribution in [0.5, 0.6) is 0 Å². The summed E-state index contributed by atoms with van der Waals surface area (Å²) in [4.78, 5) is 22.3. The molecule has 2 N–H and O–H groups in total. The molecule has 0 atom stereocenters. The summed E-state index contributed by atoms with van der Waals surface area (Å²) in [5, 5.41) is 15.0. The molecule has 14 heteroatoms. The number of rotatable bonds is 5. The van der Waals surface area contributed by atoms with Gasteiger partial charge in [0.1, 0.15) is 28.4 Å². The molecule has 6 rings (SSSR count). The van der Waals surface area contributed by atoms with Crippen LogP contribution in [0.4, 0.5) is 26.7 Å². The van der Waals surface area contributed by atoms with Gasteiger partial charge in [0, 0.05) is 37.1 Å². The summed E-state index contributed by atoms with van der Waals surface area (Å²) in [5.74, 6) is -0.690. The summed E-state index contributed by atoms with van der Waals surface area (Å²) in [6, 6.07) is 10.8. The Morgan fingerprint density at radius 2 is 1.81 bits per heavy atom. The number of hydrogen-bond donors (Lipinski definition) is 2. The highest BCUT2D eigenvalue weighted by atomic mass is 19.4. The molecule has 1 aliphatic heterocycles. The van der Waals surface area contributed by atoms with Crippen LogP contribution >= 0.6 is 0 Å². The van der Waals surface area contributed by atoms with Crippen LogP contribution in [-0.2, 0) is 13.1 Å². The Balaban J connectivity index is 1.37. The van der Waals surface area contributed by atoms with E-state index in [1.807, 2.05) is 4.57 Å². The van der Waals surface area contributed by atoms with Crippen LogP contribution in [0.3, 0.4) is 0 Å². The largest absolute Gasteiger partial charge is 0.411 e. The molecule has 42 heavy (non-hydrogen) atoms. The Hall–Kier alpha value is -4.88. The lowest BCUT2D eigenvalue weighted by Crippen LogP contribution is -2.53. The van der Waals surface area contributed by atoms with Crippen LogP contribution in [0.25, 0.3) is 34.9 Å². The number of amides is 2. The molecule has 4 aromatic rings. The van der Waals surface area contributed by atoms with E-state index in [-0.39, 0.29) is 38.0 Å². The average Bonchev–Trinajstić information content (AvgIpc) is 3.65. The fourth-order valence-corrected chi connectivity index (χ4v) is 4.82. The van der Waals surface area contributed by atoms with Gasteiger partial charge in [-0.05, 0) is 66.9 Å². The van der Waals surface area contributed by atoms with Crippen molar-refractivity contribution >= 4 is 18.3 Å². The number of hydrogen-bond acceptors (Lipinski definition) is 5. The van der Waals surface area contributed by atoms with Crippen LogP contribution in [0, 0.1) is 17.2 Å². The van der Waals surface area contributed by atoms with Crippen molar-refractivity contribution in [2.24, 2.45) is 0 Å². The number of pyridine rings is 1. The van der Waals surface area contributed by atoms with Gasteiger partial charge in [-0.15, -0.1) is 0 Å². The van der Waals surface area contributed by atoms with Crippen molar-refractivity contribution in [3.05, 3.63) is 83.4 Å². The van der Waals surface area contributed by atoms with E-state index in [1.165, 1.54) is 46.2 Å². The molecule has 2 aliphatic rings. The van der Waals surface area contributed by atoms with Gasteiger partial charge in [-0.3, -0.25) is 5.41 Å². The summed E-state index contributed by atoms with van der Waals surface area (Å²) < 4.78 is 70.6. The summed E-state index contributed by atoms with van der Waals surface area (Å²) in [7, 11) is 0. The van der Waals surface area contributed by atoms with E-state index in [2.05, 4.69) is 15.4 Å². The Morgan fingerprint density at radius 1 is 1.05 bits per heavy atom. The standard InChI is InChI=1S/C28H23F5N8O/c29-19-3-1-18(2-4-19)24-25(20-5-6-22(34)41(38-20)12-8-17-7-11-35-21(30)15-17)40-14-13-39(16-23(40)36-24)26(42)37-27(9-10-27)28(31,32)33/h1-8,11-12,15,34H,9-10,13-14,16H2,(H,37,42)/b12-8+,34-22?. The maximum absolute atomic E-state index is 13.7. The van der Waals surface area contributed by atoms with Gasteiger partial charge < -0.3 is 14.8 Å². The molecule has 2 amide bonds. The van der Waals surface area contributed by atoms with Gasteiger partial charge in [0.15, 0.2) is 0 Å². The zero-order valence-corrected chi connectivity index (χ0v) is 21.9. The first-order chi connectivity index (χ1) is 20.0. The summed E-state index contributed by atoms with van der Waals surface area (Å²) in [6.45, 7) is 0.267. The fourth-order valence-electron chi connectivity index (χ4n) is 4.82. The molecule has 3 aromatic heterocycles. The van der Waals surface area contributed by atoms with E-state index in [9.17, 15) is 26.7 Å². The lowest BCUT2D eigenvalue weighted by molar-refractivity contribution is -0.163. The van der Waals surface area contributed by atoms with Gasteiger partial charge in [-0.2, -0.15) is 22.7 Å². The number of nitrogens with one attached hydrogen (secondary N) is 2. The average molecular weight is 583 g/mol. The molecule has 9 nitrogen and oxygen atoms in total. The van der Waals surface area contributed by atoms with Crippen molar-refractivity contribution in [1.82, 2.24) is 34.5 Å². The van der Waals surface area contributed by atoms with E-state index >= 15 is 0 Å². The van der Waals surface area contributed by atoms with Gasteiger partial charge in [-0.1, -0.05) is 0 Å². The first-order valence-corrected chi connectivity index (χ1v) is 13.0. The lowest BCUT2D eigenvalue weighted by Gasteiger charge is -2.31. The number of imidazole rings is 1. The van der Waals surface area contributed by atoms with Crippen molar-refractivity contribution in [2.45, 2.75) is 37.6 Å². The maximum atomic E-state index is 13.7. The molecule has 0 saturated heterocycles. The fraction of sp³-hybridized carbons (Fsp3) is 0.250. The molecule has 0 bridgehead atoms. The minimum absolute atomic E-state index is 0.0350. The van der Waals surface area contributed by atoms with Gasteiger partial charge in [0.05, 0.1) is 17.9 Å². The zero-order valence-electron chi connectivity index (χ0n) is 21.9. The number of halogens is 5. The highest BCUT2D eigenvalue weighted by Crippen LogP contribution is 2.49. The van der Waals surface area contributed by atoms with Gasteiger partial charge >= 0.3 is 12.2 Å². The molecule has 1 fully saturated rings. The predicted molar refractivity (Wildman–Crippen MR) is 141 cm³/mol. The Kier molecular flexibility index (Phi) is 6.62. The second-order valence-corrected chi connectivity index (χ2v) is 10.1. The smallest absolute Gasteiger partial charge is 0.323 e. The number of urea groups is 1. The maximum Gasteiger partial charge on any atom is 0.411 e. The van der Waals surface area contributed by atoms with Crippen LogP contribution in [0.15, 0.2) is 54.7 Å². The van der Waals surface area contributed by atoms with Crippen molar-refractivity contribution in [2.75, 3.05) is 6.54 Å². The van der Waals surface area contributed by atoms with Crippen molar-refractivity contribution < 1.29 is 26.7 Å². The van der Waals surface area contributed by atoms with E-state index in [1.54, 1.807) is 30.3 Å². The SMILES string of the molecule is N=c1ccc(-c2c(-c3ccc(F)cc3)nc3n2CCN(C(=O)NC2(C(F)(F)F)CC2)C3)nn1/C=C/c1ccnc(F)c1. The second kappa shape index (κ2) is 10.2. The Bertz CT molecular complexity index is 1760. The molecule has 0 unspecified atom stereocenters. The number of carbonyl (C=O) groups is 1. The minimum Gasteiger partial charge on any atom is -0.323 e. The lowest BCUT2D eigenvalue weighted by atomic mass is 10.1. The highest BCUT2D eigenvalue weighted by Gasteiger charge is 2.64.